The predicted molar refractivity (Wildman–Crippen MR) is 110 cm³/mol. The molecule has 9 nitrogen and oxygen atoms in total. The predicted octanol–water partition coefficient (Wildman–Crippen LogP) is 3.94. The van der Waals surface area contributed by atoms with Crippen LogP contribution in [0, 0.1) is 28.7 Å². The second-order valence-electron chi connectivity index (χ2n) is 6.24. The number of rotatable bonds is 7. The summed E-state index contributed by atoms with van der Waals surface area (Å²) in [6, 6.07) is 10.7. The van der Waals surface area contributed by atoms with E-state index in [0.29, 0.717) is 16.2 Å². The summed E-state index contributed by atoms with van der Waals surface area (Å²) in [7, 11) is 1.43. The average molecular weight is 413 g/mol. The number of nitrogens with one attached hydrogen (secondary N) is 1. The van der Waals surface area contributed by atoms with Crippen LogP contribution in [0.2, 0.25) is 0 Å². The lowest BCUT2D eigenvalue weighted by molar-refractivity contribution is -0.386. The largest absolute Gasteiger partial charge is 0.493 e. The maximum Gasteiger partial charge on any atom is 0.315 e. The third-order valence-corrected chi connectivity index (χ3v) is 4.38. The summed E-state index contributed by atoms with van der Waals surface area (Å²) in [6.07, 6.45) is 1.44. The highest BCUT2D eigenvalue weighted by Crippen LogP contribution is 2.38. The van der Waals surface area contributed by atoms with Gasteiger partial charge in [0, 0.05) is 11.6 Å². The fourth-order valence-electron chi connectivity index (χ4n) is 2.59. The molecule has 0 amide bonds. The van der Waals surface area contributed by atoms with E-state index in [4.69, 9.17) is 21.7 Å². The van der Waals surface area contributed by atoms with Crippen LogP contribution in [-0.4, -0.2) is 33.1 Å². The molecule has 0 radical (unpaired) electrons. The molecule has 29 heavy (non-hydrogen) atoms. The Hall–Kier alpha value is -3.53. The molecule has 0 aliphatic carbocycles. The van der Waals surface area contributed by atoms with Gasteiger partial charge in [-0.2, -0.15) is 14.9 Å². The van der Waals surface area contributed by atoms with Gasteiger partial charge >= 0.3 is 5.69 Å². The van der Waals surface area contributed by atoms with E-state index in [-0.39, 0.29) is 23.8 Å². The van der Waals surface area contributed by atoms with Crippen molar-refractivity contribution in [1.82, 2.24) is 14.9 Å². The smallest absolute Gasteiger partial charge is 0.315 e. The van der Waals surface area contributed by atoms with E-state index in [0.717, 1.165) is 11.1 Å². The van der Waals surface area contributed by atoms with Gasteiger partial charge in [0.2, 0.25) is 10.5 Å². The Bertz CT molecular complexity index is 1120. The van der Waals surface area contributed by atoms with Crippen molar-refractivity contribution < 1.29 is 14.4 Å². The second kappa shape index (κ2) is 8.65. The summed E-state index contributed by atoms with van der Waals surface area (Å²) in [5.41, 5.74) is 2.25. The maximum absolute atomic E-state index is 11.6. The zero-order chi connectivity index (χ0) is 21.0. The van der Waals surface area contributed by atoms with Crippen molar-refractivity contribution in [2.75, 3.05) is 7.11 Å². The number of ether oxygens (including phenoxy) is 2. The lowest BCUT2D eigenvalue weighted by Gasteiger charge is -2.12. The highest BCUT2D eigenvalue weighted by molar-refractivity contribution is 7.71. The van der Waals surface area contributed by atoms with E-state index < -0.39 is 4.92 Å². The Morgan fingerprint density at radius 3 is 2.62 bits per heavy atom. The van der Waals surface area contributed by atoms with Gasteiger partial charge in [-0.25, -0.2) is 0 Å². The molecule has 0 bridgehead atoms. The molecule has 0 unspecified atom stereocenters. The number of benzene rings is 2. The number of methoxy groups -OCH3 is 1. The first-order chi connectivity index (χ1) is 13.9. The molecule has 1 heterocycles. The number of aryl methyl sites for hydroxylation is 2. The molecule has 0 fully saturated rings. The van der Waals surface area contributed by atoms with Crippen molar-refractivity contribution in [2.24, 2.45) is 5.10 Å². The summed E-state index contributed by atoms with van der Waals surface area (Å²) >= 11 is 5.09. The summed E-state index contributed by atoms with van der Waals surface area (Å²) < 4.78 is 12.8. The fraction of sp³-hybridized carbons (Fsp3) is 0.211. The van der Waals surface area contributed by atoms with E-state index in [2.05, 4.69) is 15.3 Å². The first-order valence-electron chi connectivity index (χ1n) is 8.62. The van der Waals surface area contributed by atoms with E-state index in [9.17, 15) is 10.1 Å². The highest BCUT2D eigenvalue weighted by Gasteiger charge is 2.22. The first-order valence-corrected chi connectivity index (χ1v) is 9.03. The van der Waals surface area contributed by atoms with Crippen molar-refractivity contribution in [1.29, 1.82) is 0 Å². The number of nitro benzene ring substituents is 1. The number of nitro groups is 1. The molecule has 1 aromatic heterocycles. The topological polar surface area (TPSA) is 108 Å². The van der Waals surface area contributed by atoms with Crippen LogP contribution in [0.25, 0.3) is 0 Å². The molecule has 10 heteroatoms. The van der Waals surface area contributed by atoms with Crippen LogP contribution < -0.4 is 9.47 Å². The number of aromatic nitrogens is 3. The zero-order valence-electron chi connectivity index (χ0n) is 16.1. The van der Waals surface area contributed by atoms with E-state index in [1.807, 2.05) is 31.2 Å². The molecule has 2 aromatic carbocycles. The van der Waals surface area contributed by atoms with Gasteiger partial charge < -0.3 is 9.47 Å². The molecule has 0 saturated carbocycles. The third kappa shape index (κ3) is 4.66. The van der Waals surface area contributed by atoms with E-state index in [1.165, 1.54) is 24.1 Å². The molecule has 0 spiro atoms. The van der Waals surface area contributed by atoms with E-state index >= 15 is 0 Å². The molecule has 0 aliphatic rings. The molecule has 1 N–H and O–H groups in total. The average Bonchev–Trinajstić information content (AvgIpc) is 3.03. The van der Waals surface area contributed by atoms with Gasteiger partial charge in [-0.1, -0.05) is 29.8 Å². The molecular weight excluding hydrogens is 394 g/mol. The Morgan fingerprint density at radius 2 is 2.03 bits per heavy atom. The second-order valence-corrected chi connectivity index (χ2v) is 6.62. The quantitative estimate of drug-likeness (QED) is 0.272. The van der Waals surface area contributed by atoms with Gasteiger partial charge in [-0.3, -0.25) is 15.2 Å². The van der Waals surface area contributed by atoms with Gasteiger partial charge in [0.15, 0.2) is 5.75 Å². The van der Waals surface area contributed by atoms with Crippen molar-refractivity contribution >= 4 is 24.1 Å². The van der Waals surface area contributed by atoms with Crippen molar-refractivity contribution in [3.8, 4) is 11.5 Å². The summed E-state index contributed by atoms with van der Waals surface area (Å²) in [4.78, 5) is 11.1. The van der Waals surface area contributed by atoms with Gasteiger partial charge in [-0.05, 0) is 37.7 Å². The molecule has 3 rings (SSSR count). The van der Waals surface area contributed by atoms with Crippen molar-refractivity contribution in [3.63, 3.8) is 0 Å². The monoisotopic (exact) mass is 413 g/mol. The maximum atomic E-state index is 11.6. The molecule has 0 atom stereocenters. The molecule has 150 valence electrons. The summed E-state index contributed by atoms with van der Waals surface area (Å²) in [5.74, 6) is 0.859. The number of hydrogen-bond donors (Lipinski definition) is 1. The number of H-pyrrole nitrogens is 1. The number of aromatic amines is 1. The van der Waals surface area contributed by atoms with Crippen LogP contribution in [0.15, 0.2) is 41.5 Å². The highest BCUT2D eigenvalue weighted by atomic mass is 32.1. The standard InChI is InChI=1S/C19H19N5O4S/c1-12-4-6-14(7-5-12)11-28-18-16(24(25)26)8-15(9-17(18)27-3)10-20-23-13(2)21-22-19(23)29/h4-10H,11H2,1-3H3,(H,22,29)/b20-10-. The molecular formula is C19H19N5O4S. The number of nitrogens with zero attached hydrogens (tertiary/aromatic N) is 4. The van der Waals surface area contributed by atoms with Crippen molar-refractivity contribution in [2.45, 2.75) is 20.5 Å². The number of hydrogen-bond acceptors (Lipinski definition) is 7. The molecule has 3 aromatic rings. The normalized spacial score (nSPS) is 11.0. The van der Waals surface area contributed by atoms with Crippen LogP contribution in [-0.2, 0) is 6.61 Å². The van der Waals surface area contributed by atoms with Crippen LogP contribution in [0.5, 0.6) is 11.5 Å². The first kappa shape index (κ1) is 20.2. The van der Waals surface area contributed by atoms with Crippen LogP contribution in [0.4, 0.5) is 5.69 Å². The SMILES string of the molecule is COc1cc(/C=N\n2c(C)n[nH]c2=S)cc([N+](=O)[O-])c1OCc1ccc(C)cc1. The molecule has 0 aliphatic heterocycles. The van der Waals surface area contributed by atoms with Crippen molar-refractivity contribution in [3.05, 3.63) is 73.8 Å². The Labute approximate surface area is 171 Å². The van der Waals surface area contributed by atoms with Crippen LogP contribution >= 0.6 is 12.2 Å². The summed E-state index contributed by atoms with van der Waals surface area (Å²) in [6.45, 7) is 3.89. The van der Waals surface area contributed by atoms with Gasteiger partial charge in [-0.15, -0.1) is 0 Å². The third-order valence-electron chi connectivity index (χ3n) is 4.11. The van der Waals surface area contributed by atoms with Crippen LogP contribution in [0.1, 0.15) is 22.5 Å². The Kier molecular flexibility index (Phi) is 6.03. The minimum Gasteiger partial charge on any atom is -0.493 e. The van der Waals surface area contributed by atoms with Gasteiger partial charge in [0.25, 0.3) is 0 Å². The lowest BCUT2D eigenvalue weighted by atomic mass is 10.1. The summed E-state index contributed by atoms with van der Waals surface area (Å²) in [5, 5.41) is 22.4. The van der Waals surface area contributed by atoms with Gasteiger partial charge in [0.1, 0.15) is 12.4 Å². The molecule has 0 saturated heterocycles. The zero-order valence-corrected chi connectivity index (χ0v) is 16.9. The minimum atomic E-state index is -0.515. The van der Waals surface area contributed by atoms with E-state index in [1.54, 1.807) is 13.0 Å². The fourth-order valence-corrected chi connectivity index (χ4v) is 2.81. The minimum absolute atomic E-state index is 0.0614. The van der Waals surface area contributed by atoms with Crippen LogP contribution in [0.3, 0.4) is 0 Å². The Balaban J connectivity index is 1.93. The lowest BCUT2D eigenvalue weighted by Crippen LogP contribution is -2.03. The Morgan fingerprint density at radius 1 is 1.31 bits per heavy atom. The van der Waals surface area contributed by atoms with Gasteiger partial charge in [0.05, 0.1) is 18.2 Å².